The molecule has 19 heavy (non-hydrogen) atoms. The monoisotopic (exact) mass is 268 g/mol. The minimum absolute atomic E-state index is 0.00967. The van der Waals surface area contributed by atoms with Crippen LogP contribution in [0.4, 0.5) is 0 Å². The summed E-state index contributed by atoms with van der Waals surface area (Å²) in [5.41, 5.74) is 0. The van der Waals surface area contributed by atoms with Gasteiger partial charge in [0.05, 0.1) is 12.2 Å². The Labute approximate surface area is 115 Å². The highest BCUT2D eigenvalue weighted by atomic mass is 16.7. The van der Waals surface area contributed by atoms with Crippen LogP contribution in [0.2, 0.25) is 0 Å². The lowest BCUT2D eigenvalue weighted by Gasteiger charge is -2.17. The molecule has 2 rings (SSSR count). The van der Waals surface area contributed by atoms with E-state index in [2.05, 4.69) is 0 Å². The first kappa shape index (κ1) is 14.5. The molecule has 1 fully saturated rings. The van der Waals surface area contributed by atoms with Gasteiger partial charge in [-0.25, -0.2) is 4.79 Å². The molecule has 2 heterocycles. The van der Waals surface area contributed by atoms with Gasteiger partial charge in [0.15, 0.2) is 5.79 Å². The first-order chi connectivity index (χ1) is 8.96. The van der Waals surface area contributed by atoms with E-state index in [1.54, 1.807) is 6.08 Å². The molecule has 0 aromatic carbocycles. The van der Waals surface area contributed by atoms with Gasteiger partial charge in [-0.15, -0.1) is 0 Å². The number of carbonyl (C=O) groups excluding carboxylic acids is 1. The van der Waals surface area contributed by atoms with E-state index in [9.17, 15) is 4.79 Å². The lowest BCUT2D eigenvalue weighted by Crippen LogP contribution is -2.22. The second kappa shape index (κ2) is 6.06. The fourth-order valence-electron chi connectivity index (χ4n) is 2.67. The van der Waals surface area contributed by atoms with Crippen molar-refractivity contribution in [3.05, 3.63) is 12.2 Å². The van der Waals surface area contributed by atoms with Crippen molar-refractivity contribution in [2.24, 2.45) is 0 Å². The molecule has 0 spiro atoms. The first-order valence-electron chi connectivity index (χ1n) is 7.21. The van der Waals surface area contributed by atoms with Crippen molar-refractivity contribution >= 4 is 5.97 Å². The normalized spacial score (nSPS) is 37.6. The molecule has 0 saturated carbocycles. The van der Waals surface area contributed by atoms with Crippen LogP contribution < -0.4 is 0 Å². The van der Waals surface area contributed by atoms with Gasteiger partial charge in [-0.3, -0.25) is 0 Å². The predicted octanol–water partition coefficient (Wildman–Crippen LogP) is 2.96. The highest BCUT2D eigenvalue weighted by Crippen LogP contribution is 2.32. The minimum atomic E-state index is -0.572. The van der Waals surface area contributed by atoms with E-state index < -0.39 is 5.79 Å². The number of fused-ring (bicyclic) bond motifs is 1. The average Bonchev–Trinajstić information content (AvgIpc) is 2.59. The van der Waals surface area contributed by atoms with Crippen molar-refractivity contribution < 1.29 is 19.0 Å². The first-order valence-corrected chi connectivity index (χ1v) is 7.21. The predicted molar refractivity (Wildman–Crippen MR) is 71.6 cm³/mol. The topological polar surface area (TPSA) is 44.8 Å². The van der Waals surface area contributed by atoms with Crippen LogP contribution in [0.1, 0.15) is 52.9 Å². The van der Waals surface area contributed by atoms with E-state index in [-0.39, 0.29) is 24.3 Å². The molecule has 1 unspecified atom stereocenters. The summed E-state index contributed by atoms with van der Waals surface area (Å²) >= 11 is 0. The van der Waals surface area contributed by atoms with Crippen LogP contribution in [-0.2, 0) is 19.0 Å². The third kappa shape index (κ3) is 4.32. The lowest BCUT2D eigenvalue weighted by atomic mass is 10.0. The molecule has 2 aliphatic rings. The number of hydrogen-bond donors (Lipinski definition) is 0. The van der Waals surface area contributed by atoms with E-state index in [0.717, 1.165) is 32.1 Å². The molecule has 1 saturated heterocycles. The van der Waals surface area contributed by atoms with Crippen molar-refractivity contribution in [1.29, 1.82) is 0 Å². The molecule has 0 aromatic heterocycles. The van der Waals surface area contributed by atoms with E-state index in [1.165, 1.54) is 6.08 Å². The maximum absolute atomic E-state index is 11.7. The number of esters is 1. The maximum atomic E-state index is 11.7. The Morgan fingerprint density at radius 3 is 2.68 bits per heavy atom. The molecule has 2 aliphatic heterocycles. The standard InChI is InChI=1S/C15H24O4/c1-11-7-5-4-6-8-12-13(9-10-14(16)17-11)19-15(2,3)18-12/h9-13H,4-8H2,1-3H3/b10-9+/t11?,12-,13-/m0/s1. The van der Waals surface area contributed by atoms with Crippen molar-refractivity contribution in [2.75, 3.05) is 0 Å². The zero-order valence-electron chi connectivity index (χ0n) is 12.1. The summed E-state index contributed by atoms with van der Waals surface area (Å²) in [6, 6.07) is 0. The van der Waals surface area contributed by atoms with Crippen LogP contribution in [0.15, 0.2) is 12.2 Å². The van der Waals surface area contributed by atoms with Crippen LogP contribution >= 0.6 is 0 Å². The van der Waals surface area contributed by atoms with Crippen LogP contribution in [0.25, 0.3) is 0 Å². The molecule has 0 N–H and O–H groups in total. The van der Waals surface area contributed by atoms with Gasteiger partial charge >= 0.3 is 5.97 Å². The highest BCUT2D eigenvalue weighted by molar-refractivity contribution is 5.82. The third-order valence-corrected chi connectivity index (χ3v) is 3.56. The maximum Gasteiger partial charge on any atom is 0.330 e. The van der Waals surface area contributed by atoms with Crippen molar-refractivity contribution in [3.63, 3.8) is 0 Å². The molecule has 0 amide bonds. The number of cyclic esters (lactones) is 1. The van der Waals surface area contributed by atoms with E-state index in [4.69, 9.17) is 14.2 Å². The summed E-state index contributed by atoms with van der Waals surface area (Å²) in [5.74, 6) is -0.864. The van der Waals surface area contributed by atoms with Gasteiger partial charge in [0, 0.05) is 6.08 Å². The molecule has 0 aromatic rings. The largest absolute Gasteiger partial charge is 0.460 e. The lowest BCUT2D eigenvalue weighted by molar-refractivity contribution is -0.144. The number of rotatable bonds is 0. The summed E-state index contributed by atoms with van der Waals surface area (Å²) in [6.07, 6.45) is 8.36. The summed E-state index contributed by atoms with van der Waals surface area (Å²) in [4.78, 5) is 11.7. The fraction of sp³-hybridized carbons (Fsp3) is 0.800. The molecule has 3 atom stereocenters. The van der Waals surface area contributed by atoms with Gasteiger partial charge < -0.3 is 14.2 Å². The van der Waals surface area contributed by atoms with Gasteiger partial charge in [0.1, 0.15) is 6.10 Å². The van der Waals surface area contributed by atoms with Gasteiger partial charge in [0.2, 0.25) is 0 Å². The molecule has 0 bridgehead atoms. The van der Waals surface area contributed by atoms with E-state index in [0.29, 0.717) is 0 Å². The zero-order valence-corrected chi connectivity index (χ0v) is 12.1. The Balaban J connectivity index is 2.05. The molecule has 4 heteroatoms. The molecule has 0 radical (unpaired) electrons. The molecule has 4 nitrogen and oxygen atoms in total. The number of hydrogen-bond acceptors (Lipinski definition) is 4. The SMILES string of the molecule is CC1CCCCC[C@@H]2OC(C)(C)O[C@H]2/C=C/C(=O)O1. The molecular formula is C15H24O4. The summed E-state index contributed by atoms with van der Waals surface area (Å²) in [7, 11) is 0. The van der Waals surface area contributed by atoms with Gasteiger partial charge in [-0.2, -0.15) is 0 Å². The van der Waals surface area contributed by atoms with Crippen molar-refractivity contribution in [2.45, 2.75) is 77.0 Å². The Bertz CT molecular complexity index is 348. The summed E-state index contributed by atoms with van der Waals surface area (Å²) in [5, 5.41) is 0. The quantitative estimate of drug-likeness (QED) is 0.634. The molecular weight excluding hydrogens is 244 g/mol. The Kier molecular flexibility index (Phi) is 4.63. The van der Waals surface area contributed by atoms with Crippen LogP contribution in [0.3, 0.4) is 0 Å². The second-order valence-electron chi connectivity index (χ2n) is 5.88. The smallest absolute Gasteiger partial charge is 0.330 e. The van der Waals surface area contributed by atoms with Crippen LogP contribution in [0, 0.1) is 0 Å². The Morgan fingerprint density at radius 2 is 1.89 bits per heavy atom. The average molecular weight is 268 g/mol. The second-order valence-corrected chi connectivity index (χ2v) is 5.88. The molecule has 108 valence electrons. The Morgan fingerprint density at radius 1 is 1.16 bits per heavy atom. The highest BCUT2D eigenvalue weighted by Gasteiger charge is 2.39. The number of carbonyl (C=O) groups is 1. The number of ether oxygens (including phenoxy) is 3. The van der Waals surface area contributed by atoms with Crippen LogP contribution in [-0.4, -0.2) is 30.1 Å². The fourth-order valence-corrected chi connectivity index (χ4v) is 2.67. The summed E-state index contributed by atoms with van der Waals surface area (Å²) in [6.45, 7) is 5.76. The van der Waals surface area contributed by atoms with Gasteiger partial charge in [-0.1, -0.05) is 12.8 Å². The van der Waals surface area contributed by atoms with Crippen molar-refractivity contribution in [1.82, 2.24) is 0 Å². The Hall–Kier alpha value is -0.870. The van der Waals surface area contributed by atoms with Crippen molar-refractivity contribution in [3.8, 4) is 0 Å². The van der Waals surface area contributed by atoms with E-state index >= 15 is 0 Å². The third-order valence-electron chi connectivity index (χ3n) is 3.56. The zero-order chi connectivity index (χ0) is 13.9. The van der Waals surface area contributed by atoms with Gasteiger partial charge in [0.25, 0.3) is 0 Å². The van der Waals surface area contributed by atoms with Crippen LogP contribution in [0.5, 0.6) is 0 Å². The van der Waals surface area contributed by atoms with Gasteiger partial charge in [-0.05, 0) is 46.1 Å². The molecule has 0 aliphatic carbocycles. The summed E-state index contributed by atoms with van der Waals surface area (Å²) < 4.78 is 17.0. The van der Waals surface area contributed by atoms with E-state index in [1.807, 2.05) is 20.8 Å². The minimum Gasteiger partial charge on any atom is -0.460 e.